The Morgan fingerprint density at radius 2 is 1.65 bits per heavy atom. The van der Waals surface area contributed by atoms with Gasteiger partial charge in [0.2, 0.25) is 0 Å². The highest BCUT2D eigenvalue weighted by Crippen LogP contribution is 2.24. The van der Waals surface area contributed by atoms with Crippen molar-refractivity contribution in [1.29, 1.82) is 0 Å². The molecule has 0 aliphatic carbocycles. The first-order valence-corrected chi connectivity index (χ1v) is 7.40. The van der Waals surface area contributed by atoms with E-state index in [1.165, 1.54) is 18.4 Å². The van der Waals surface area contributed by atoms with E-state index in [1.807, 2.05) is 24.3 Å². The molecule has 0 spiro atoms. The molecule has 0 fully saturated rings. The van der Waals surface area contributed by atoms with Gasteiger partial charge in [-0.3, -0.25) is 0 Å². The summed E-state index contributed by atoms with van der Waals surface area (Å²) in [5.74, 6) is 0.944. The average Bonchev–Trinajstić information content (AvgIpc) is 2.51. The Hall–Kier alpha value is -1.96. The van der Waals surface area contributed by atoms with Gasteiger partial charge in [0.05, 0.1) is 12.3 Å². The van der Waals surface area contributed by atoms with Crippen LogP contribution in [0.3, 0.4) is 0 Å². The normalized spacial score (nSPS) is 10.2. The van der Waals surface area contributed by atoms with Gasteiger partial charge in [0, 0.05) is 6.54 Å². The van der Waals surface area contributed by atoms with Crippen molar-refractivity contribution in [3.63, 3.8) is 0 Å². The molecule has 0 radical (unpaired) electrons. The summed E-state index contributed by atoms with van der Waals surface area (Å²) in [5.41, 5.74) is 2.33. The number of hydrogen-bond donors (Lipinski definition) is 1. The Bertz CT molecular complexity index is 496. The van der Waals surface area contributed by atoms with Crippen LogP contribution in [0.4, 0.5) is 5.69 Å². The number of benzene rings is 2. The molecule has 0 amide bonds. The fourth-order valence-electron chi connectivity index (χ4n) is 2.07. The molecule has 2 nitrogen and oxygen atoms in total. The van der Waals surface area contributed by atoms with Crippen molar-refractivity contribution in [1.82, 2.24) is 0 Å². The number of para-hydroxylation sites is 2. The molecule has 0 atom stereocenters. The summed E-state index contributed by atoms with van der Waals surface area (Å²) in [6.45, 7) is 3.81. The van der Waals surface area contributed by atoms with Crippen molar-refractivity contribution >= 4 is 5.69 Å². The number of rotatable bonds is 8. The zero-order valence-electron chi connectivity index (χ0n) is 12.1. The molecule has 0 saturated carbocycles. The topological polar surface area (TPSA) is 21.3 Å². The van der Waals surface area contributed by atoms with Crippen molar-refractivity contribution in [3.8, 4) is 5.75 Å². The summed E-state index contributed by atoms with van der Waals surface area (Å²) in [7, 11) is 0. The van der Waals surface area contributed by atoms with Crippen LogP contribution in [0.1, 0.15) is 31.7 Å². The molecule has 0 aliphatic rings. The predicted molar refractivity (Wildman–Crippen MR) is 85.2 cm³/mol. The second-order valence-corrected chi connectivity index (χ2v) is 4.89. The second-order valence-electron chi connectivity index (χ2n) is 4.89. The Balaban J connectivity index is 1.90. The highest BCUT2D eigenvalue weighted by molar-refractivity contribution is 5.56. The maximum atomic E-state index is 5.87. The molecule has 1 N–H and O–H groups in total. The largest absolute Gasteiger partial charge is 0.491 e. The van der Waals surface area contributed by atoms with Crippen LogP contribution in [0, 0.1) is 0 Å². The molecule has 20 heavy (non-hydrogen) atoms. The highest BCUT2D eigenvalue weighted by atomic mass is 16.5. The lowest BCUT2D eigenvalue weighted by atomic mass is 10.2. The van der Waals surface area contributed by atoms with Crippen LogP contribution in [0.25, 0.3) is 0 Å². The first-order valence-electron chi connectivity index (χ1n) is 7.40. The summed E-state index contributed by atoms with van der Waals surface area (Å²) >= 11 is 0. The fraction of sp³-hybridized carbons (Fsp3) is 0.333. The van der Waals surface area contributed by atoms with E-state index < -0.39 is 0 Å². The smallest absolute Gasteiger partial charge is 0.142 e. The van der Waals surface area contributed by atoms with E-state index in [0.29, 0.717) is 0 Å². The Kier molecular flexibility index (Phi) is 5.97. The summed E-state index contributed by atoms with van der Waals surface area (Å²) in [4.78, 5) is 0. The molecule has 0 unspecified atom stereocenters. The van der Waals surface area contributed by atoms with Gasteiger partial charge in [-0.2, -0.15) is 0 Å². The Morgan fingerprint density at radius 1 is 0.900 bits per heavy atom. The molecule has 0 aromatic heterocycles. The third kappa shape index (κ3) is 4.61. The molecular formula is C18H23NO. The van der Waals surface area contributed by atoms with Crippen LogP contribution in [0.2, 0.25) is 0 Å². The quantitative estimate of drug-likeness (QED) is 0.690. The molecule has 0 bridgehead atoms. The van der Waals surface area contributed by atoms with Gasteiger partial charge < -0.3 is 10.1 Å². The molecule has 2 heteroatoms. The first kappa shape index (κ1) is 14.4. The van der Waals surface area contributed by atoms with Crippen molar-refractivity contribution < 1.29 is 4.74 Å². The summed E-state index contributed by atoms with van der Waals surface area (Å²) in [6.07, 6.45) is 3.56. The fourth-order valence-corrected chi connectivity index (χ4v) is 2.07. The molecule has 2 rings (SSSR count). The van der Waals surface area contributed by atoms with Crippen LogP contribution in [-0.4, -0.2) is 6.61 Å². The van der Waals surface area contributed by atoms with Crippen molar-refractivity contribution in [3.05, 3.63) is 60.2 Å². The van der Waals surface area contributed by atoms with Crippen LogP contribution >= 0.6 is 0 Å². The second kappa shape index (κ2) is 8.26. The maximum absolute atomic E-state index is 5.87. The van der Waals surface area contributed by atoms with Crippen molar-refractivity contribution in [2.45, 2.75) is 32.7 Å². The Labute approximate surface area is 121 Å². The zero-order chi connectivity index (χ0) is 14.0. The molecule has 0 aliphatic heterocycles. The van der Waals surface area contributed by atoms with Crippen LogP contribution < -0.4 is 10.1 Å². The Morgan fingerprint density at radius 3 is 2.45 bits per heavy atom. The molecular weight excluding hydrogens is 246 g/mol. The summed E-state index contributed by atoms with van der Waals surface area (Å²) < 4.78 is 5.87. The maximum Gasteiger partial charge on any atom is 0.142 e. The van der Waals surface area contributed by atoms with Gasteiger partial charge in [-0.05, 0) is 24.1 Å². The van der Waals surface area contributed by atoms with Gasteiger partial charge in [-0.25, -0.2) is 0 Å². The summed E-state index contributed by atoms with van der Waals surface area (Å²) in [6, 6.07) is 18.5. The monoisotopic (exact) mass is 269 g/mol. The first-order chi connectivity index (χ1) is 9.90. The predicted octanol–water partition coefficient (Wildman–Crippen LogP) is 4.87. The lowest BCUT2D eigenvalue weighted by Gasteiger charge is -2.13. The van der Waals surface area contributed by atoms with Gasteiger partial charge in [0.1, 0.15) is 5.75 Å². The minimum absolute atomic E-state index is 0.790. The molecule has 0 heterocycles. The number of hydrogen-bond acceptors (Lipinski definition) is 2. The van der Waals surface area contributed by atoms with Crippen LogP contribution in [-0.2, 0) is 6.54 Å². The van der Waals surface area contributed by atoms with Gasteiger partial charge in [-0.15, -0.1) is 0 Å². The third-order valence-electron chi connectivity index (χ3n) is 3.22. The number of anilines is 1. The number of nitrogens with one attached hydrogen (secondary N) is 1. The van der Waals surface area contributed by atoms with E-state index in [9.17, 15) is 0 Å². The van der Waals surface area contributed by atoms with E-state index in [4.69, 9.17) is 4.74 Å². The minimum atomic E-state index is 0.790. The number of ether oxygens (including phenoxy) is 1. The zero-order valence-corrected chi connectivity index (χ0v) is 12.1. The van der Waals surface area contributed by atoms with E-state index in [-0.39, 0.29) is 0 Å². The van der Waals surface area contributed by atoms with E-state index >= 15 is 0 Å². The van der Waals surface area contributed by atoms with Crippen LogP contribution in [0.15, 0.2) is 54.6 Å². The van der Waals surface area contributed by atoms with E-state index in [2.05, 4.69) is 42.6 Å². The van der Waals surface area contributed by atoms with Gasteiger partial charge in [0.15, 0.2) is 0 Å². The molecule has 0 saturated heterocycles. The van der Waals surface area contributed by atoms with Crippen molar-refractivity contribution in [2.75, 3.05) is 11.9 Å². The lowest BCUT2D eigenvalue weighted by Crippen LogP contribution is -2.03. The summed E-state index contributed by atoms with van der Waals surface area (Å²) in [5, 5.41) is 3.45. The lowest BCUT2D eigenvalue weighted by molar-refractivity contribution is 0.307. The van der Waals surface area contributed by atoms with Gasteiger partial charge in [-0.1, -0.05) is 62.2 Å². The molecule has 2 aromatic rings. The SMILES string of the molecule is CCCCCOc1ccccc1NCc1ccccc1. The van der Waals surface area contributed by atoms with Crippen molar-refractivity contribution in [2.24, 2.45) is 0 Å². The standard InChI is InChI=1S/C18H23NO/c1-2-3-9-14-20-18-13-8-7-12-17(18)19-15-16-10-5-4-6-11-16/h4-8,10-13,19H,2-3,9,14-15H2,1H3. The number of unbranched alkanes of at least 4 members (excludes halogenated alkanes) is 2. The van der Waals surface area contributed by atoms with E-state index in [1.54, 1.807) is 0 Å². The average molecular weight is 269 g/mol. The molecule has 106 valence electrons. The van der Waals surface area contributed by atoms with Gasteiger partial charge in [0.25, 0.3) is 0 Å². The minimum Gasteiger partial charge on any atom is -0.491 e. The highest BCUT2D eigenvalue weighted by Gasteiger charge is 2.02. The third-order valence-corrected chi connectivity index (χ3v) is 3.22. The molecule has 2 aromatic carbocycles. The van der Waals surface area contributed by atoms with Gasteiger partial charge >= 0.3 is 0 Å². The van der Waals surface area contributed by atoms with Crippen LogP contribution in [0.5, 0.6) is 5.75 Å². The van der Waals surface area contributed by atoms with E-state index in [0.717, 1.165) is 31.0 Å².